The molecule has 128 valence electrons. The average molecular weight is 316 g/mol. The molecule has 5 N–H and O–H groups in total. The fourth-order valence-corrected chi connectivity index (χ4v) is 1.60. The maximum absolute atomic E-state index is 12.2. The van der Waals surface area contributed by atoms with Crippen molar-refractivity contribution in [2.24, 2.45) is 0 Å². The predicted molar refractivity (Wildman–Crippen MR) is 83.2 cm³/mol. The minimum absolute atomic E-state index is 0.340. The maximum Gasteiger partial charge on any atom is 0.325 e. The number of hydrogen-bond acceptors (Lipinski definition) is 5. The standard InChI is InChI=1S/C14H28N4O4/c1-5-7-15-11(16-8-6-2)13(20)17-9(3)12(19)18-10(4)14(21)22/h9-11,15-16H,5-8H2,1-4H3,(H,17,20)(H,18,19)(H,21,22). The van der Waals surface area contributed by atoms with E-state index in [1.165, 1.54) is 13.8 Å². The van der Waals surface area contributed by atoms with Crippen LogP contribution in [0.25, 0.3) is 0 Å². The van der Waals surface area contributed by atoms with Crippen molar-refractivity contribution in [1.29, 1.82) is 0 Å². The summed E-state index contributed by atoms with van der Waals surface area (Å²) in [5.74, 6) is -2.00. The predicted octanol–water partition coefficient (Wildman–Crippen LogP) is -0.594. The highest BCUT2D eigenvalue weighted by molar-refractivity contribution is 5.91. The minimum Gasteiger partial charge on any atom is -0.480 e. The number of carbonyl (C=O) groups is 3. The van der Waals surface area contributed by atoms with E-state index in [4.69, 9.17) is 5.11 Å². The number of carboxylic acids is 1. The number of carboxylic acid groups (broad SMARTS) is 1. The van der Waals surface area contributed by atoms with E-state index in [-0.39, 0.29) is 5.91 Å². The van der Waals surface area contributed by atoms with Gasteiger partial charge in [-0.15, -0.1) is 0 Å². The molecule has 0 aliphatic heterocycles. The van der Waals surface area contributed by atoms with Gasteiger partial charge in [-0.1, -0.05) is 13.8 Å². The number of nitrogens with one attached hydrogen (secondary N) is 4. The van der Waals surface area contributed by atoms with Gasteiger partial charge in [0.2, 0.25) is 5.91 Å². The summed E-state index contributed by atoms with van der Waals surface area (Å²) in [6.07, 6.45) is 1.18. The topological polar surface area (TPSA) is 120 Å². The van der Waals surface area contributed by atoms with Gasteiger partial charge in [0.1, 0.15) is 18.2 Å². The molecule has 0 spiro atoms. The van der Waals surface area contributed by atoms with Crippen LogP contribution in [0.15, 0.2) is 0 Å². The molecular weight excluding hydrogens is 288 g/mol. The van der Waals surface area contributed by atoms with Crippen molar-refractivity contribution in [3.63, 3.8) is 0 Å². The molecule has 0 aromatic heterocycles. The lowest BCUT2D eigenvalue weighted by Gasteiger charge is -2.22. The number of aliphatic carboxylic acids is 1. The number of hydrogen-bond donors (Lipinski definition) is 5. The smallest absolute Gasteiger partial charge is 0.325 e. The summed E-state index contributed by atoms with van der Waals surface area (Å²) in [5, 5.41) is 19.8. The van der Waals surface area contributed by atoms with E-state index in [1.807, 2.05) is 13.8 Å². The summed E-state index contributed by atoms with van der Waals surface area (Å²) in [6, 6.07) is -1.82. The minimum atomic E-state index is -1.13. The van der Waals surface area contributed by atoms with Gasteiger partial charge >= 0.3 is 5.97 Å². The average Bonchev–Trinajstić information content (AvgIpc) is 2.46. The van der Waals surface area contributed by atoms with Crippen molar-refractivity contribution in [3.8, 4) is 0 Å². The molecule has 0 fully saturated rings. The lowest BCUT2D eigenvalue weighted by Crippen LogP contribution is -2.58. The summed E-state index contributed by atoms with van der Waals surface area (Å²) in [6.45, 7) is 8.20. The van der Waals surface area contributed by atoms with Crippen molar-refractivity contribution < 1.29 is 19.5 Å². The molecule has 0 saturated heterocycles. The monoisotopic (exact) mass is 316 g/mol. The molecule has 0 saturated carbocycles. The van der Waals surface area contributed by atoms with Crippen LogP contribution in [0.3, 0.4) is 0 Å². The van der Waals surface area contributed by atoms with E-state index < -0.39 is 30.1 Å². The molecular formula is C14H28N4O4. The molecule has 0 radical (unpaired) electrons. The zero-order valence-electron chi connectivity index (χ0n) is 13.7. The molecule has 0 aromatic rings. The molecule has 0 rings (SSSR count). The van der Waals surface area contributed by atoms with E-state index in [2.05, 4.69) is 21.3 Å². The van der Waals surface area contributed by atoms with Crippen LogP contribution in [0.5, 0.6) is 0 Å². The van der Waals surface area contributed by atoms with Crippen LogP contribution in [0.1, 0.15) is 40.5 Å². The quantitative estimate of drug-likeness (QED) is 0.325. The number of rotatable bonds is 11. The van der Waals surface area contributed by atoms with Crippen molar-refractivity contribution in [1.82, 2.24) is 21.3 Å². The SMILES string of the molecule is CCCNC(NCCC)C(=O)NC(C)C(=O)NC(C)C(=O)O. The molecule has 2 unspecified atom stereocenters. The first-order valence-corrected chi connectivity index (χ1v) is 7.63. The van der Waals surface area contributed by atoms with Gasteiger partial charge in [-0.05, 0) is 39.8 Å². The van der Waals surface area contributed by atoms with Crippen LogP contribution in [0, 0.1) is 0 Å². The highest BCUT2D eigenvalue weighted by Gasteiger charge is 2.23. The van der Waals surface area contributed by atoms with Crippen LogP contribution in [0.2, 0.25) is 0 Å². The summed E-state index contributed by atoms with van der Waals surface area (Å²) in [7, 11) is 0. The first kappa shape index (κ1) is 20.3. The molecule has 0 aliphatic rings. The van der Waals surface area contributed by atoms with Gasteiger partial charge in [0, 0.05) is 0 Å². The van der Waals surface area contributed by atoms with E-state index >= 15 is 0 Å². The highest BCUT2D eigenvalue weighted by atomic mass is 16.4. The third-order valence-electron chi connectivity index (χ3n) is 2.94. The van der Waals surface area contributed by atoms with E-state index in [9.17, 15) is 14.4 Å². The molecule has 2 amide bonds. The third kappa shape index (κ3) is 7.94. The Morgan fingerprint density at radius 3 is 1.73 bits per heavy atom. The zero-order chi connectivity index (χ0) is 17.1. The Hall–Kier alpha value is -1.67. The van der Waals surface area contributed by atoms with E-state index in [1.54, 1.807) is 0 Å². The van der Waals surface area contributed by atoms with Crippen molar-refractivity contribution in [3.05, 3.63) is 0 Å². The number of amides is 2. The summed E-state index contributed by atoms with van der Waals surface area (Å²) < 4.78 is 0. The summed E-state index contributed by atoms with van der Waals surface area (Å²) >= 11 is 0. The van der Waals surface area contributed by atoms with E-state index in [0.29, 0.717) is 13.1 Å². The molecule has 22 heavy (non-hydrogen) atoms. The molecule has 0 bridgehead atoms. The second kappa shape index (κ2) is 11.0. The van der Waals surface area contributed by atoms with Gasteiger partial charge in [-0.2, -0.15) is 0 Å². The Balaban J connectivity index is 4.48. The molecule has 0 heterocycles. The van der Waals surface area contributed by atoms with Crippen LogP contribution in [0.4, 0.5) is 0 Å². The van der Waals surface area contributed by atoms with Gasteiger partial charge in [0.25, 0.3) is 5.91 Å². The molecule has 0 aromatic carbocycles. The maximum atomic E-state index is 12.2. The molecule has 8 heteroatoms. The Morgan fingerprint density at radius 1 is 0.864 bits per heavy atom. The Kier molecular flexibility index (Phi) is 10.1. The van der Waals surface area contributed by atoms with Crippen molar-refractivity contribution in [2.75, 3.05) is 13.1 Å². The Labute approximate surface area is 131 Å². The Morgan fingerprint density at radius 2 is 1.32 bits per heavy atom. The zero-order valence-corrected chi connectivity index (χ0v) is 13.7. The van der Waals surface area contributed by atoms with Crippen LogP contribution in [-0.4, -0.2) is 54.2 Å². The second-order valence-corrected chi connectivity index (χ2v) is 5.14. The number of carbonyl (C=O) groups excluding carboxylic acids is 2. The van der Waals surface area contributed by atoms with Gasteiger partial charge in [-0.25, -0.2) is 0 Å². The van der Waals surface area contributed by atoms with Gasteiger partial charge in [-0.3, -0.25) is 25.0 Å². The Bertz CT molecular complexity index is 368. The van der Waals surface area contributed by atoms with Crippen molar-refractivity contribution >= 4 is 17.8 Å². The van der Waals surface area contributed by atoms with Crippen LogP contribution < -0.4 is 21.3 Å². The van der Waals surface area contributed by atoms with Gasteiger partial charge in [0.15, 0.2) is 0 Å². The van der Waals surface area contributed by atoms with E-state index in [0.717, 1.165) is 12.8 Å². The molecule has 0 aliphatic carbocycles. The highest BCUT2D eigenvalue weighted by Crippen LogP contribution is 1.90. The first-order valence-electron chi connectivity index (χ1n) is 7.63. The molecule has 8 nitrogen and oxygen atoms in total. The third-order valence-corrected chi connectivity index (χ3v) is 2.94. The summed E-state index contributed by atoms with van der Waals surface area (Å²) in [5.41, 5.74) is 0. The molecule has 2 atom stereocenters. The van der Waals surface area contributed by atoms with Crippen molar-refractivity contribution in [2.45, 2.75) is 58.8 Å². The fourth-order valence-electron chi connectivity index (χ4n) is 1.60. The van der Waals surface area contributed by atoms with Crippen LogP contribution in [-0.2, 0) is 14.4 Å². The lowest BCUT2D eigenvalue weighted by molar-refractivity contribution is -0.141. The summed E-state index contributed by atoms with van der Waals surface area (Å²) in [4.78, 5) is 34.7. The fraction of sp³-hybridized carbons (Fsp3) is 0.786. The van der Waals surface area contributed by atoms with Gasteiger partial charge in [0.05, 0.1) is 0 Å². The van der Waals surface area contributed by atoms with Crippen LogP contribution >= 0.6 is 0 Å². The largest absolute Gasteiger partial charge is 0.480 e. The van der Waals surface area contributed by atoms with Gasteiger partial charge < -0.3 is 15.7 Å². The second-order valence-electron chi connectivity index (χ2n) is 5.14. The normalized spacial score (nSPS) is 13.5. The lowest BCUT2D eigenvalue weighted by atomic mass is 10.2. The first-order chi connectivity index (χ1) is 10.3.